The maximum Gasteiger partial charge on any atom is 0.234 e. The monoisotopic (exact) mass is 889 g/mol. The van der Waals surface area contributed by atoms with Crippen molar-refractivity contribution >= 4 is 52.2 Å². The molecule has 1 aliphatic carbocycles. The van der Waals surface area contributed by atoms with Crippen LogP contribution < -0.4 is 5.19 Å². The predicted molar refractivity (Wildman–Crippen MR) is 261 cm³/mol. The minimum absolute atomic E-state index is 0.471. The summed E-state index contributed by atoms with van der Waals surface area (Å²) in [4.78, 5) is 64.9. The zero-order valence-corrected chi connectivity index (χ0v) is 44.7. The van der Waals surface area contributed by atoms with Crippen molar-refractivity contribution in [2.45, 2.75) is 244 Å². The summed E-state index contributed by atoms with van der Waals surface area (Å²) in [5.41, 5.74) is 0.471. The highest BCUT2D eigenvalue weighted by Crippen LogP contribution is 2.40. The topological polar surface area (TPSA) is 121 Å². The van der Waals surface area contributed by atoms with E-state index >= 15 is 0 Å². The molecule has 0 spiro atoms. The van der Waals surface area contributed by atoms with E-state index in [1.54, 1.807) is 0 Å². The molecule has 0 heterocycles. The Morgan fingerprint density at radius 1 is 0.411 bits per heavy atom. The molecule has 0 aliphatic heterocycles. The predicted octanol–water partition coefficient (Wildman–Crippen LogP) is 11.9. The van der Waals surface area contributed by atoms with Crippen LogP contribution in [0, 0.1) is 0 Å². The number of hydrogen-bond donors (Lipinski definition) is 6. The van der Waals surface area contributed by atoms with E-state index in [0.717, 1.165) is 67.9 Å². The van der Waals surface area contributed by atoms with Crippen molar-refractivity contribution in [2.24, 2.45) is 0 Å². The lowest BCUT2D eigenvalue weighted by molar-refractivity contribution is 0.428. The van der Waals surface area contributed by atoms with Crippen molar-refractivity contribution in [1.82, 2.24) is 0 Å². The molecular formula is C44H96O6Si6. The van der Waals surface area contributed by atoms with Crippen LogP contribution in [0.3, 0.4) is 0 Å². The third-order valence-corrected chi connectivity index (χ3v) is 54.0. The minimum Gasteiger partial charge on any atom is -0.432 e. The molecule has 0 saturated heterocycles. The van der Waals surface area contributed by atoms with Crippen LogP contribution in [0.2, 0.25) is 69.0 Å². The van der Waals surface area contributed by atoms with E-state index in [9.17, 15) is 28.8 Å². The number of rotatable bonds is 27. The Kier molecular flexibility index (Phi) is 29.7. The number of benzene rings is 1. The van der Waals surface area contributed by atoms with Gasteiger partial charge < -0.3 is 28.8 Å². The van der Waals surface area contributed by atoms with Crippen molar-refractivity contribution in [3.05, 3.63) is 30.3 Å². The first-order chi connectivity index (χ1) is 26.2. The molecule has 1 aliphatic rings. The fourth-order valence-electron chi connectivity index (χ4n) is 8.15. The van der Waals surface area contributed by atoms with Gasteiger partial charge in [-0.05, 0) is 74.2 Å². The molecule has 332 valence electrons. The van der Waals surface area contributed by atoms with Crippen LogP contribution in [0.4, 0.5) is 0 Å². The lowest BCUT2D eigenvalue weighted by atomic mass is 10.0. The molecular weight excluding hydrogens is 793 g/mol. The first-order valence-electron chi connectivity index (χ1n) is 23.6. The van der Waals surface area contributed by atoms with Crippen LogP contribution in [-0.2, 0) is 0 Å². The van der Waals surface area contributed by atoms with Crippen molar-refractivity contribution < 1.29 is 28.8 Å². The average molecular weight is 890 g/mol. The Balaban J connectivity index is 0.000000811. The molecule has 1 aromatic rings. The van der Waals surface area contributed by atoms with Gasteiger partial charge in [-0.1, -0.05) is 206 Å². The minimum atomic E-state index is -2.67. The van der Waals surface area contributed by atoms with Crippen LogP contribution in [-0.4, -0.2) is 75.8 Å². The Bertz CT molecular complexity index is 1080. The SMILES string of the molecule is CCCCCCCC[Si](C)(O)[Si](C)(O)CCCCCC.CCCCCC[Si](C)(O)[Si](C)(O)C1CCCCC1.CCCCCC[Si](C)(O)[Si](C)(O)c1ccccc1. The van der Waals surface area contributed by atoms with Gasteiger partial charge in [0, 0.05) is 0 Å². The molecule has 0 amide bonds. The van der Waals surface area contributed by atoms with Crippen molar-refractivity contribution in [1.29, 1.82) is 0 Å². The van der Waals surface area contributed by atoms with Gasteiger partial charge in [-0.25, -0.2) is 0 Å². The van der Waals surface area contributed by atoms with Gasteiger partial charge in [-0.15, -0.1) is 0 Å². The van der Waals surface area contributed by atoms with E-state index in [2.05, 4.69) is 34.2 Å². The summed E-state index contributed by atoms with van der Waals surface area (Å²) in [6.45, 7) is 20.7. The molecule has 1 fully saturated rings. The van der Waals surface area contributed by atoms with E-state index < -0.39 is 47.0 Å². The van der Waals surface area contributed by atoms with Crippen LogP contribution in [0.5, 0.6) is 0 Å². The van der Waals surface area contributed by atoms with Gasteiger partial charge in [0.05, 0.1) is 0 Å². The lowest BCUT2D eigenvalue weighted by Crippen LogP contribution is -2.67. The van der Waals surface area contributed by atoms with Crippen LogP contribution >= 0.6 is 0 Å². The fourth-order valence-corrected chi connectivity index (χ4v) is 32.1. The normalized spacial score (nSPS) is 20.0. The van der Waals surface area contributed by atoms with E-state index in [1.807, 2.05) is 63.1 Å². The second-order valence-corrected chi connectivity index (χ2v) is 55.9. The first-order valence-corrected chi connectivity index (χ1v) is 42.2. The summed E-state index contributed by atoms with van der Waals surface area (Å²) in [5.74, 6) is 0. The Morgan fingerprint density at radius 3 is 1.12 bits per heavy atom. The van der Waals surface area contributed by atoms with Crippen molar-refractivity contribution in [3.8, 4) is 0 Å². The summed E-state index contributed by atoms with van der Waals surface area (Å²) in [7, 11) is -14.7. The van der Waals surface area contributed by atoms with Crippen LogP contribution in [0.1, 0.15) is 175 Å². The summed E-state index contributed by atoms with van der Waals surface area (Å²) < 4.78 is 0. The Labute approximate surface area is 353 Å². The standard InChI is InChI=1S/C16H38O2Si2.C14H32O2Si2.C14H26O2Si2/c1-5-7-9-11-12-14-16-20(4,18)19(3,17)15-13-10-8-6-2;2*1-4-5-6-10-13-17(2,15)18(3,16)14-11-8-7-9-12-14/h17-18H,5-16H2,1-4H3;14-16H,4-13H2,1-3H3;7-9,11-12,15-16H,4-6,10,13H2,1-3H3. The Morgan fingerprint density at radius 2 is 0.732 bits per heavy atom. The van der Waals surface area contributed by atoms with Crippen LogP contribution in [0.25, 0.3) is 0 Å². The molecule has 0 bridgehead atoms. The van der Waals surface area contributed by atoms with E-state index in [4.69, 9.17) is 0 Å². The van der Waals surface area contributed by atoms with Gasteiger partial charge in [0.25, 0.3) is 0 Å². The summed E-state index contributed by atoms with van der Waals surface area (Å²) in [5, 5.41) is 0.970. The molecule has 6 atom stereocenters. The van der Waals surface area contributed by atoms with Gasteiger partial charge in [0.2, 0.25) is 47.0 Å². The third-order valence-electron chi connectivity index (χ3n) is 13.6. The largest absolute Gasteiger partial charge is 0.432 e. The van der Waals surface area contributed by atoms with E-state index in [1.165, 1.54) is 109 Å². The zero-order chi connectivity index (χ0) is 42.8. The zero-order valence-electron chi connectivity index (χ0n) is 38.7. The van der Waals surface area contributed by atoms with Gasteiger partial charge >= 0.3 is 0 Å². The highest BCUT2D eigenvalue weighted by atomic mass is 29.3. The molecule has 0 aromatic heterocycles. The van der Waals surface area contributed by atoms with Crippen LogP contribution in [0.15, 0.2) is 30.3 Å². The van der Waals surface area contributed by atoms with Gasteiger partial charge in [-0.3, -0.25) is 0 Å². The fraction of sp³-hybridized carbons (Fsp3) is 0.864. The summed E-state index contributed by atoms with van der Waals surface area (Å²) in [6, 6.07) is 13.3. The molecule has 6 unspecified atom stereocenters. The van der Waals surface area contributed by atoms with Crippen molar-refractivity contribution in [3.63, 3.8) is 0 Å². The second-order valence-electron chi connectivity index (χ2n) is 19.0. The van der Waals surface area contributed by atoms with E-state index in [0.29, 0.717) is 5.54 Å². The molecule has 1 saturated carbocycles. The lowest BCUT2D eigenvalue weighted by Gasteiger charge is -2.41. The second kappa shape index (κ2) is 29.5. The highest BCUT2D eigenvalue weighted by Gasteiger charge is 2.52. The first kappa shape index (κ1) is 56.3. The maximum atomic E-state index is 11.0. The molecule has 6 nitrogen and oxygen atoms in total. The van der Waals surface area contributed by atoms with Gasteiger partial charge in [0.15, 0.2) is 0 Å². The third kappa shape index (κ3) is 21.2. The summed E-state index contributed by atoms with van der Waals surface area (Å²) in [6.07, 6.45) is 28.0. The smallest absolute Gasteiger partial charge is 0.234 e. The Hall–Kier alpha value is 0.281. The van der Waals surface area contributed by atoms with Gasteiger partial charge in [0.1, 0.15) is 0 Å². The maximum absolute atomic E-state index is 11.0. The van der Waals surface area contributed by atoms with Crippen molar-refractivity contribution in [2.75, 3.05) is 0 Å². The quantitative estimate of drug-likeness (QED) is 0.0387. The van der Waals surface area contributed by atoms with E-state index in [-0.39, 0.29) is 0 Å². The molecule has 56 heavy (non-hydrogen) atoms. The average Bonchev–Trinajstić information content (AvgIpc) is 3.16. The summed E-state index contributed by atoms with van der Waals surface area (Å²) >= 11 is 0. The number of unbranched alkanes of at least 4 members (excludes halogenated alkanes) is 14. The molecule has 6 N–H and O–H groups in total. The molecule has 12 heteroatoms. The molecule has 0 radical (unpaired) electrons. The molecule has 2 rings (SSSR count). The molecule has 1 aromatic carbocycles. The van der Waals surface area contributed by atoms with Gasteiger partial charge in [-0.2, -0.15) is 0 Å². The highest BCUT2D eigenvalue weighted by molar-refractivity contribution is 7.40. The number of hydrogen-bond acceptors (Lipinski definition) is 6.